The summed E-state index contributed by atoms with van der Waals surface area (Å²) < 4.78 is 32.5. The third kappa shape index (κ3) is 5.32. The Morgan fingerprint density at radius 2 is 1.59 bits per heavy atom. The van der Waals surface area contributed by atoms with Gasteiger partial charge in [-0.1, -0.05) is 41.9 Å². The van der Waals surface area contributed by atoms with Gasteiger partial charge in [0.15, 0.2) is 0 Å². The molecule has 4 aromatic carbocycles. The molecular weight excluding hydrogens is 472 g/mol. The molecule has 0 aliphatic heterocycles. The van der Waals surface area contributed by atoms with Gasteiger partial charge >= 0.3 is 0 Å². The summed E-state index contributed by atoms with van der Waals surface area (Å²) in [6, 6.07) is 26.2. The van der Waals surface area contributed by atoms with Gasteiger partial charge in [-0.25, -0.2) is 8.42 Å². The first-order valence-electron chi connectivity index (χ1n) is 10.6. The summed E-state index contributed by atoms with van der Waals surface area (Å²) in [5.41, 5.74) is 0.859. The highest BCUT2D eigenvalue weighted by Gasteiger charge is 2.21. The number of ether oxygens (including phenoxy) is 1. The van der Waals surface area contributed by atoms with E-state index in [4.69, 9.17) is 16.3 Å². The van der Waals surface area contributed by atoms with Crippen LogP contribution in [0.3, 0.4) is 0 Å². The van der Waals surface area contributed by atoms with Crippen LogP contribution in [0.15, 0.2) is 95.9 Å². The highest BCUT2D eigenvalue weighted by atomic mass is 35.5. The molecule has 1 N–H and O–H groups in total. The lowest BCUT2D eigenvalue weighted by Crippen LogP contribution is -2.28. The van der Waals surface area contributed by atoms with Crippen LogP contribution in [0, 0.1) is 0 Å². The van der Waals surface area contributed by atoms with Gasteiger partial charge in [-0.15, -0.1) is 0 Å². The minimum absolute atomic E-state index is 0.132. The molecule has 8 heteroatoms. The van der Waals surface area contributed by atoms with E-state index in [-0.39, 0.29) is 10.8 Å². The Balaban J connectivity index is 1.32. The van der Waals surface area contributed by atoms with E-state index in [1.165, 1.54) is 31.3 Å². The van der Waals surface area contributed by atoms with Gasteiger partial charge in [-0.05, 0) is 71.4 Å². The van der Waals surface area contributed by atoms with Gasteiger partial charge < -0.3 is 10.1 Å². The molecule has 4 aromatic rings. The Bertz CT molecular complexity index is 1410. The van der Waals surface area contributed by atoms with Crippen molar-refractivity contribution >= 4 is 44.0 Å². The number of sulfonamides is 1. The highest BCUT2D eigenvalue weighted by Crippen LogP contribution is 2.24. The molecule has 0 aliphatic rings. The molecule has 0 aliphatic carbocycles. The summed E-state index contributed by atoms with van der Waals surface area (Å²) in [5.74, 6) is 0.471. The van der Waals surface area contributed by atoms with Crippen LogP contribution in [0.4, 0.5) is 5.69 Å². The Kier molecular flexibility index (Phi) is 7.05. The number of hydrogen-bond acceptors (Lipinski definition) is 4. The summed E-state index contributed by atoms with van der Waals surface area (Å²) in [6.07, 6.45) is 0. The molecule has 0 saturated carbocycles. The van der Waals surface area contributed by atoms with Crippen LogP contribution in [0.5, 0.6) is 5.75 Å². The van der Waals surface area contributed by atoms with Crippen LogP contribution in [0.25, 0.3) is 10.8 Å². The number of fused-ring (bicyclic) bond motifs is 1. The van der Waals surface area contributed by atoms with Crippen molar-refractivity contribution in [2.45, 2.75) is 4.90 Å². The van der Waals surface area contributed by atoms with Crippen molar-refractivity contribution in [2.75, 3.05) is 24.5 Å². The maximum atomic E-state index is 12.8. The highest BCUT2D eigenvalue weighted by molar-refractivity contribution is 7.92. The zero-order valence-corrected chi connectivity index (χ0v) is 20.0. The molecule has 0 heterocycles. The zero-order valence-electron chi connectivity index (χ0n) is 18.4. The molecule has 0 atom stereocenters. The molecule has 0 saturated heterocycles. The van der Waals surface area contributed by atoms with Gasteiger partial charge in [0.05, 0.1) is 17.1 Å². The van der Waals surface area contributed by atoms with Crippen LogP contribution < -0.4 is 14.4 Å². The Morgan fingerprint density at radius 1 is 0.912 bits per heavy atom. The summed E-state index contributed by atoms with van der Waals surface area (Å²) >= 11 is 5.85. The maximum absolute atomic E-state index is 12.8. The van der Waals surface area contributed by atoms with Crippen molar-refractivity contribution in [1.82, 2.24) is 5.32 Å². The largest absolute Gasteiger partial charge is 0.492 e. The average Bonchev–Trinajstić information content (AvgIpc) is 2.86. The van der Waals surface area contributed by atoms with Crippen molar-refractivity contribution < 1.29 is 17.9 Å². The molecule has 0 unspecified atom stereocenters. The number of benzene rings is 4. The van der Waals surface area contributed by atoms with Crippen LogP contribution in [0.2, 0.25) is 5.02 Å². The standard InChI is InChI=1S/C26H23ClN2O4S/c1-29(34(31,32)25-14-9-22(27)10-15-25)23-11-6-20(7-12-23)26(30)28-16-17-33-24-13-8-19-4-2-3-5-21(19)18-24/h2-15,18H,16-17H2,1H3,(H,28,30). The van der Waals surface area contributed by atoms with E-state index >= 15 is 0 Å². The normalized spacial score (nSPS) is 11.2. The number of halogens is 1. The zero-order chi connectivity index (χ0) is 24.1. The van der Waals surface area contributed by atoms with E-state index in [0.717, 1.165) is 20.8 Å². The molecule has 0 bridgehead atoms. The predicted molar refractivity (Wildman–Crippen MR) is 135 cm³/mol. The van der Waals surface area contributed by atoms with Crippen molar-refractivity contribution in [2.24, 2.45) is 0 Å². The fraction of sp³-hybridized carbons (Fsp3) is 0.115. The first-order valence-corrected chi connectivity index (χ1v) is 12.4. The number of hydrogen-bond donors (Lipinski definition) is 1. The molecule has 0 aromatic heterocycles. The van der Waals surface area contributed by atoms with Crippen molar-refractivity contribution in [3.8, 4) is 5.75 Å². The van der Waals surface area contributed by atoms with E-state index < -0.39 is 10.0 Å². The summed E-state index contributed by atoms with van der Waals surface area (Å²) in [5, 5.41) is 5.49. The summed E-state index contributed by atoms with van der Waals surface area (Å²) in [7, 11) is -2.28. The van der Waals surface area contributed by atoms with Crippen LogP contribution >= 0.6 is 11.6 Å². The fourth-order valence-electron chi connectivity index (χ4n) is 3.42. The molecule has 6 nitrogen and oxygen atoms in total. The van der Waals surface area contributed by atoms with Gasteiger partial charge in [-0.3, -0.25) is 9.10 Å². The third-order valence-corrected chi connectivity index (χ3v) is 7.39. The quantitative estimate of drug-likeness (QED) is 0.345. The van der Waals surface area contributed by atoms with Crippen molar-refractivity contribution in [3.63, 3.8) is 0 Å². The average molecular weight is 495 g/mol. The molecular formula is C26H23ClN2O4S. The minimum atomic E-state index is -3.74. The Morgan fingerprint density at radius 3 is 2.29 bits per heavy atom. The van der Waals surface area contributed by atoms with Gasteiger partial charge in [0.25, 0.3) is 15.9 Å². The monoisotopic (exact) mass is 494 g/mol. The third-order valence-electron chi connectivity index (χ3n) is 5.34. The first-order chi connectivity index (χ1) is 16.3. The lowest BCUT2D eigenvalue weighted by atomic mass is 10.1. The number of carbonyl (C=O) groups is 1. The topological polar surface area (TPSA) is 75.7 Å². The van der Waals surface area contributed by atoms with Crippen molar-refractivity contribution in [3.05, 3.63) is 102 Å². The number of nitrogens with zero attached hydrogens (tertiary/aromatic N) is 1. The predicted octanol–water partition coefficient (Wildman–Crippen LogP) is 5.13. The lowest BCUT2D eigenvalue weighted by Gasteiger charge is -2.19. The number of carbonyl (C=O) groups excluding carboxylic acids is 1. The second-order valence-corrected chi connectivity index (χ2v) is 9.99. The van der Waals surface area contributed by atoms with E-state index in [1.807, 2.05) is 42.5 Å². The second-order valence-electron chi connectivity index (χ2n) is 7.59. The first kappa shape index (κ1) is 23.6. The van der Waals surface area contributed by atoms with Gasteiger partial charge in [0.1, 0.15) is 12.4 Å². The summed E-state index contributed by atoms with van der Waals surface area (Å²) in [6.45, 7) is 0.655. The van der Waals surface area contributed by atoms with E-state index in [1.54, 1.807) is 24.3 Å². The molecule has 34 heavy (non-hydrogen) atoms. The molecule has 1 amide bonds. The number of nitrogens with one attached hydrogen (secondary N) is 1. The van der Waals surface area contributed by atoms with Crippen LogP contribution in [-0.2, 0) is 10.0 Å². The van der Waals surface area contributed by atoms with Gasteiger partial charge in [0.2, 0.25) is 0 Å². The number of anilines is 1. The van der Waals surface area contributed by atoms with Gasteiger partial charge in [0, 0.05) is 17.6 Å². The molecule has 174 valence electrons. The molecule has 0 fully saturated rings. The SMILES string of the molecule is CN(c1ccc(C(=O)NCCOc2ccc3ccccc3c2)cc1)S(=O)(=O)c1ccc(Cl)cc1. The molecule has 4 rings (SSSR count). The van der Waals surface area contributed by atoms with Crippen LogP contribution in [-0.4, -0.2) is 34.5 Å². The Hall–Kier alpha value is -3.55. The fourth-order valence-corrected chi connectivity index (χ4v) is 4.74. The maximum Gasteiger partial charge on any atom is 0.264 e. The van der Waals surface area contributed by atoms with Crippen LogP contribution in [0.1, 0.15) is 10.4 Å². The second kappa shape index (κ2) is 10.2. The minimum Gasteiger partial charge on any atom is -0.492 e. The number of amides is 1. The summed E-state index contributed by atoms with van der Waals surface area (Å²) in [4.78, 5) is 12.6. The number of rotatable bonds is 8. The molecule has 0 spiro atoms. The smallest absolute Gasteiger partial charge is 0.264 e. The molecule has 0 radical (unpaired) electrons. The Labute approximate surface area is 203 Å². The lowest BCUT2D eigenvalue weighted by molar-refractivity contribution is 0.0947. The van der Waals surface area contributed by atoms with E-state index in [0.29, 0.717) is 29.4 Å². The van der Waals surface area contributed by atoms with E-state index in [2.05, 4.69) is 5.32 Å². The van der Waals surface area contributed by atoms with E-state index in [9.17, 15) is 13.2 Å². The van der Waals surface area contributed by atoms with Crippen molar-refractivity contribution in [1.29, 1.82) is 0 Å². The van der Waals surface area contributed by atoms with Gasteiger partial charge in [-0.2, -0.15) is 0 Å².